The maximum Gasteiger partial charge on any atom is 0.101 e. The lowest BCUT2D eigenvalue weighted by Gasteiger charge is -1.93. The zero-order valence-electron chi connectivity index (χ0n) is 5.41. The molecule has 0 radical (unpaired) electrons. The molecule has 0 aromatic heterocycles. The molecule has 0 bridgehead atoms. The fourth-order valence-corrected chi connectivity index (χ4v) is 0.830. The normalized spacial score (nSPS) is 16.2. The summed E-state index contributed by atoms with van der Waals surface area (Å²) in [4.78, 5) is 0. The molecule has 1 saturated carbocycles. The zero-order chi connectivity index (χ0) is 5.98. The van der Waals surface area contributed by atoms with E-state index >= 15 is 0 Å². The van der Waals surface area contributed by atoms with Crippen LogP contribution < -0.4 is 5.73 Å². The molecule has 0 heterocycles. The van der Waals surface area contributed by atoms with Crippen LogP contribution in [-0.2, 0) is 0 Å². The van der Waals surface area contributed by atoms with E-state index in [1.165, 1.54) is 24.7 Å². The third-order valence-corrected chi connectivity index (χ3v) is 1.47. The molecule has 1 aliphatic carbocycles. The van der Waals surface area contributed by atoms with Gasteiger partial charge in [-0.3, -0.25) is 0 Å². The smallest absolute Gasteiger partial charge is 0.101 e. The first-order valence-corrected chi connectivity index (χ1v) is 3.31. The summed E-state index contributed by atoms with van der Waals surface area (Å²) >= 11 is 0. The van der Waals surface area contributed by atoms with Gasteiger partial charge in [0.15, 0.2) is 0 Å². The van der Waals surface area contributed by atoms with Crippen molar-refractivity contribution in [2.45, 2.75) is 25.6 Å². The van der Waals surface area contributed by atoms with Crippen LogP contribution in [0.2, 0.25) is 6.32 Å². The minimum absolute atomic E-state index is 1.11. The Hall–Kier alpha value is -0.395. The van der Waals surface area contributed by atoms with Crippen LogP contribution in [0.4, 0.5) is 0 Å². The predicted octanol–water partition coefficient (Wildman–Crippen LogP) is 0.434. The van der Waals surface area contributed by atoms with Gasteiger partial charge in [0.2, 0.25) is 0 Å². The summed E-state index contributed by atoms with van der Waals surface area (Å²) in [7, 11) is 2.16. The van der Waals surface area contributed by atoms with Gasteiger partial charge in [0.1, 0.15) is 7.85 Å². The van der Waals surface area contributed by atoms with E-state index in [1.54, 1.807) is 0 Å². The van der Waals surface area contributed by atoms with Gasteiger partial charge in [-0.2, -0.15) is 0 Å². The largest absolute Gasteiger partial charge is 0.402 e. The minimum Gasteiger partial charge on any atom is -0.402 e. The Balaban J connectivity index is 2.33. The first-order chi connectivity index (χ1) is 3.84. The highest BCUT2D eigenvalue weighted by molar-refractivity contribution is 6.08. The van der Waals surface area contributed by atoms with Crippen LogP contribution in [0, 0.1) is 0 Å². The summed E-state index contributed by atoms with van der Waals surface area (Å²) in [5.41, 5.74) is 8.34. The van der Waals surface area contributed by atoms with Gasteiger partial charge in [-0.15, -0.1) is 0 Å². The van der Waals surface area contributed by atoms with Crippen LogP contribution in [0.3, 0.4) is 0 Å². The molecule has 0 saturated heterocycles. The maximum atomic E-state index is 5.67. The molecule has 0 aromatic rings. The average molecular weight is 109 g/mol. The molecule has 44 valence electrons. The second-order valence-corrected chi connectivity index (χ2v) is 2.38. The summed E-state index contributed by atoms with van der Waals surface area (Å²) in [6.45, 7) is 0. The van der Waals surface area contributed by atoms with Crippen LogP contribution in [0.15, 0.2) is 11.3 Å². The number of allylic oxidation sites excluding steroid dienone is 2. The van der Waals surface area contributed by atoms with Crippen molar-refractivity contribution in [3.8, 4) is 0 Å². The first-order valence-electron chi connectivity index (χ1n) is 3.31. The van der Waals surface area contributed by atoms with Gasteiger partial charge in [0.05, 0.1) is 0 Å². The van der Waals surface area contributed by atoms with E-state index in [9.17, 15) is 0 Å². The maximum absolute atomic E-state index is 5.67. The predicted molar refractivity (Wildman–Crippen MR) is 38.4 cm³/mol. The second-order valence-electron chi connectivity index (χ2n) is 2.38. The first kappa shape index (κ1) is 5.74. The van der Waals surface area contributed by atoms with E-state index in [2.05, 4.69) is 7.85 Å². The Morgan fingerprint density at radius 1 is 1.62 bits per heavy atom. The molecular formula is C6H12BN. The number of rotatable bonds is 2. The second kappa shape index (κ2) is 2.25. The third-order valence-electron chi connectivity index (χ3n) is 1.47. The van der Waals surface area contributed by atoms with Gasteiger partial charge in [-0.25, -0.2) is 0 Å². The third kappa shape index (κ3) is 1.29. The van der Waals surface area contributed by atoms with Crippen molar-refractivity contribution in [3.05, 3.63) is 11.3 Å². The Labute approximate surface area is 51.4 Å². The fourth-order valence-electron chi connectivity index (χ4n) is 0.830. The average Bonchev–Trinajstić information content (AvgIpc) is 2.45. The Morgan fingerprint density at radius 3 is 2.62 bits per heavy atom. The fraction of sp³-hybridized carbons (Fsp3) is 0.667. The van der Waals surface area contributed by atoms with Crippen LogP contribution in [-0.4, -0.2) is 7.85 Å². The van der Waals surface area contributed by atoms with Crippen LogP contribution in [0.25, 0.3) is 0 Å². The summed E-state index contributed by atoms with van der Waals surface area (Å²) in [5.74, 6) is 0. The lowest BCUT2D eigenvalue weighted by atomic mass is 10.0. The lowest BCUT2D eigenvalue weighted by Crippen LogP contribution is -1.95. The van der Waals surface area contributed by atoms with Crippen LogP contribution in [0.5, 0.6) is 0 Å². The molecule has 0 spiro atoms. The Morgan fingerprint density at radius 2 is 2.25 bits per heavy atom. The SMILES string of the molecule is BCCC(N)=C1CC1. The summed E-state index contributed by atoms with van der Waals surface area (Å²) in [5, 5.41) is 0. The molecule has 1 aliphatic rings. The molecule has 2 N–H and O–H groups in total. The van der Waals surface area contributed by atoms with Crippen LogP contribution in [0.1, 0.15) is 19.3 Å². The van der Waals surface area contributed by atoms with Gasteiger partial charge >= 0.3 is 0 Å². The molecule has 2 heteroatoms. The van der Waals surface area contributed by atoms with Gasteiger partial charge in [-0.05, 0) is 19.3 Å². The van der Waals surface area contributed by atoms with E-state index < -0.39 is 0 Å². The molecule has 0 aromatic carbocycles. The monoisotopic (exact) mass is 109 g/mol. The van der Waals surface area contributed by atoms with Crippen molar-refractivity contribution in [1.82, 2.24) is 0 Å². The van der Waals surface area contributed by atoms with Gasteiger partial charge < -0.3 is 5.73 Å². The van der Waals surface area contributed by atoms with E-state index in [-0.39, 0.29) is 0 Å². The van der Waals surface area contributed by atoms with Crippen molar-refractivity contribution in [3.63, 3.8) is 0 Å². The number of hydrogen-bond donors (Lipinski definition) is 1. The number of hydrogen-bond acceptors (Lipinski definition) is 1. The van der Waals surface area contributed by atoms with Crippen LogP contribution >= 0.6 is 0 Å². The Kier molecular flexibility index (Phi) is 1.61. The van der Waals surface area contributed by atoms with E-state index in [4.69, 9.17) is 5.73 Å². The lowest BCUT2D eigenvalue weighted by molar-refractivity contribution is 1.05. The van der Waals surface area contributed by atoms with E-state index in [0.717, 1.165) is 12.1 Å². The van der Waals surface area contributed by atoms with Crippen molar-refractivity contribution >= 4 is 7.85 Å². The van der Waals surface area contributed by atoms with Gasteiger partial charge in [0, 0.05) is 5.70 Å². The van der Waals surface area contributed by atoms with Crippen molar-refractivity contribution < 1.29 is 0 Å². The topological polar surface area (TPSA) is 26.0 Å². The van der Waals surface area contributed by atoms with Crippen molar-refractivity contribution in [2.75, 3.05) is 0 Å². The number of nitrogens with two attached hydrogens (primary N) is 1. The van der Waals surface area contributed by atoms with Gasteiger partial charge in [0.25, 0.3) is 0 Å². The standard InChI is InChI=1S/C6H12BN/c7-4-3-6(8)5-1-2-5/h1-4,7-8H2. The molecule has 0 atom stereocenters. The van der Waals surface area contributed by atoms with Crippen molar-refractivity contribution in [2.24, 2.45) is 5.73 Å². The van der Waals surface area contributed by atoms with Gasteiger partial charge in [-0.1, -0.05) is 11.9 Å². The van der Waals surface area contributed by atoms with E-state index in [1.807, 2.05) is 0 Å². The molecular weight excluding hydrogens is 96.9 g/mol. The van der Waals surface area contributed by atoms with E-state index in [0.29, 0.717) is 0 Å². The molecule has 8 heavy (non-hydrogen) atoms. The molecule has 1 fully saturated rings. The highest BCUT2D eigenvalue weighted by Crippen LogP contribution is 2.30. The quantitative estimate of drug-likeness (QED) is 0.511. The summed E-state index contributed by atoms with van der Waals surface area (Å²) in [6.07, 6.45) is 4.84. The Bertz CT molecular complexity index is 112. The zero-order valence-corrected chi connectivity index (χ0v) is 5.41. The molecule has 0 unspecified atom stereocenters. The minimum atomic E-state index is 1.11. The molecule has 1 nitrogen and oxygen atoms in total. The van der Waals surface area contributed by atoms with Crippen molar-refractivity contribution in [1.29, 1.82) is 0 Å². The molecule has 0 amide bonds. The molecule has 1 rings (SSSR count). The molecule has 0 aliphatic heterocycles. The summed E-state index contributed by atoms with van der Waals surface area (Å²) < 4.78 is 0. The highest BCUT2D eigenvalue weighted by atomic mass is 14.6. The highest BCUT2D eigenvalue weighted by Gasteiger charge is 2.14. The summed E-state index contributed by atoms with van der Waals surface area (Å²) in [6, 6.07) is 0.